The van der Waals surface area contributed by atoms with Crippen LogP contribution in [0.25, 0.3) is 6.08 Å². The highest BCUT2D eigenvalue weighted by Crippen LogP contribution is 2.00. The van der Waals surface area contributed by atoms with Crippen molar-refractivity contribution in [1.82, 2.24) is 15.3 Å². The van der Waals surface area contributed by atoms with E-state index in [1.54, 1.807) is 13.8 Å². The SMILES string of the molecule is CSCS(=O)CC(C)NC(=O)/C=C/c1c(C)[nH]c(=O)[nH]c1=O. The van der Waals surface area contributed by atoms with Crippen LogP contribution in [0.2, 0.25) is 0 Å². The first-order valence-electron chi connectivity index (χ1n) is 6.49. The Morgan fingerprint density at radius 3 is 2.68 bits per heavy atom. The Morgan fingerprint density at radius 2 is 2.09 bits per heavy atom. The van der Waals surface area contributed by atoms with Gasteiger partial charge in [-0.1, -0.05) is 0 Å². The number of carbonyl (C=O) groups is 1. The average molecular weight is 345 g/mol. The second-order valence-corrected chi connectivity index (χ2v) is 7.44. The summed E-state index contributed by atoms with van der Waals surface area (Å²) in [7, 11) is -0.987. The second kappa shape index (κ2) is 8.74. The van der Waals surface area contributed by atoms with Crippen LogP contribution < -0.4 is 16.6 Å². The van der Waals surface area contributed by atoms with Gasteiger partial charge in [-0.3, -0.25) is 18.8 Å². The fourth-order valence-electron chi connectivity index (χ4n) is 1.76. The molecule has 0 saturated heterocycles. The molecule has 0 aromatic carbocycles. The average Bonchev–Trinajstić information content (AvgIpc) is 2.36. The summed E-state index contributed by atoms with van der Waals surface area (Å²) < 4.78 is 11.6. The summed E-state index contributed by atoms with van der Waals surface area (Å²) in [6.07, 6.45) is 4.42. The fourth-order valence-corrected chi connectivity index (χ4v) is 3.84. The van der Waals surface area contributed by atoms with E-state index in [0.717, 1.165) is 0 Å². The number of carbonyl (C=O) groups excluding carboxylic acids is 1. The minimum absolute atomic E-state index is 0.216. The molecule has 7 nitrogen and oxygen atoms in total. The molecule has 2 unspecified atom stereocenters. The van der Waals surface area contributed by atoms with Crippen molar-refractivity contribution in [3.63, 3.8) is 0 Å². The molecule has 0 saturated carbocycles. The van der Waals surface area contributed by atoms with Crippen LogP contribution in [0.1, 0.15) is 18.2 Å². The van der Waals surface area contributed by atoms with Crippen molar-refractivity contribution in [2.75, 3.05) is 17.1 Å². The molecule has 3 N–H and O–H groups in total. The maximum atomic E-state index is 11.8. The van der Waals surface area contributed by atoms with Crippen LogP contribution in [0.15, 0.2) is 15.7 Å². The molecule has 9 heteroatoms. The maximum Gasteiger partial charge on any atom is 0.325 e. The Bertz CT molecular complexity index is 693. The van der Waals surface area contributed by atoms with E-state index in [9.17, 15) is 18.6 Å². The Morgan fingerprint density at radius 1 is 1.41 bits per heavy atom. The Balaban J connectivity index is 2.67. The summed E-state index contributed by atoms with van der Waals surface area (Å²) in [4.78, 5) is 39.0. The van der Waals surface area contributed by atoms with Gasteiger partial charge < -0.3 is 10.3 Å². The molecular formula is C13H19N3O4S2. The van der Waals surface area contributed by atoms with Gasteiger partial charge in [0.1, 0.15) is 0 Å². The predicted molar refractivity (Wildman–Crippen MR) is 90.5 cm³/mol. The van der Waals surface area contributed by atoms with Crippen molar-refractivity contribution in [2.24, 2.45) is 0 Å². The van der Waals surface area contributed by atoms with Crippen molar-refractivity contribution in [3.8, 4) is 0 Å². The van der Waals surface area contributed by atoms with Crippen molar-refractivity contribution in [2.45, 2.75) is 19.9 Å². The van der Waals surface area contributed by atoms with Crippen LogP contribution in [0.5, 0.6) is 0 Å². The first kappa shape index (κ1) is 18.4. The number of aromatic nitrogens is 2. The van der Waals surface area contributed by atoms with Gasteiger partial charge in [0.15, 0.2) is 0 Å². The van der Waals surface area contributed by atoms with E-state index in [0.29, 0.717) is 16.5 Å². The van der Waals surface area contributed by atoms with E-state index < -0.39 is 28.0 Å². The molecule has 2 atom stereocenters. The molecular weight excluding hydrogens is 326 g/mol. The smallest absolute Gasteiger partial charge is 0.325 e. The van der Waals surface area contributed by atoms with Gasteiger partial charge >= 0.3 is 5.69 Å². The van der Waals surface area contributed by atoms with Crippen LogP contribution in [-0.4, -0.2) is 43.2 Å². The number of nitrogens with one attached hydrogen (secondary N) is 3. The Labute approximate surface area is 134 Å². The van der Waals surface area contributed by atoms with Gasteiger partial charge in [-0.05, 0) is 26.2 Å². The molecule has 1 rings (SSSR count). The van der Waals surface area contributed by atoms with Crippen molar-refractivity contribution in [3.05, 3.63) is 38.2 Å². The number of aromatic amines is 2. The van der Waals surface area contributed by atoms with E-state index in [1.807, 2.05) is 6.26 Å². The van der Waals surface area contributed by atoms with Crippen molar-refractivity contribution >= 4 is 34.5 Å². The topological polar surface area (TPSA) is 112 Å². The summed E-state index contributed by atoms with van der Waals surface area (Å²) >= 11 is 1.49. The third kappa shape index (κ3) is 6.02. The lowest BCUT2D eigenvalue weighted by Gasteiger charge is -2.11. The lowest BCUT2D eigenvalue weighted by Crippen LogP contribution is -2.35. The molecule has 0 radical (unpaired) electrons. The molecule has 0 aliphatic heterocycles. The largest absolute Gasteiger partial charge is 0.349 e. The third-order valence-corrected chi connectivity index (χ3v) is 5.52. The number of hydrogen-bond donors (Lipinski definition) is 3. The minimum atomic E-state index is -0.987. The van der Waals surface area contributed by atoms with Crippen molar-refractivity contribution in [1.29, 1.82) is 0 Å². The van der Waals surface area contributed by atoms with Crippen LogP contribution in [-0.2, 0) is 15.6 Å². The Kier molecular flexibility index (Phi) is 7.33. The molecule has 1 heterocycles. The zero-order chi connectivity index (χ0) is 16.7. The van der Waals surface area contributed by atoms with Crippen LogP contribution in [0, 0.1) is 6.92 Å². The van der Waals surface area contributed by atoms with E-state index in [4.69, 9.17) is 0 Å². The summed E-state index contributed by atoms with van der Waals surface area (Å²) in [6, 6.07) is -0.236. The molecule has 0 fully saturated rings. The Hall–Kier alpha value is -1.61. The van der Waals surface area contributed by atoms with Crippen LogP contribution in [0.4, 0.5) is 0 Å². The zero-order valence-electron chi connectivity index (χ0n) is 12.6. The quantitative estimate of drug-likeness (QED) is 0.600. The monoisotopic (exact) mass is 345 g/mol. The van der Waals surface area contributed by atoms with Gasteiger partial charge in [0, 0.05) is 34.4 Å². The summed E-state index contributed by atoms with van der Waals surface area (Å²) in [5.74, 6) is -0.0164. The van der Waals surface area contributed by atoms with E-state index in [-0.39, 0.29) is 11.6 Å². The second-order valence-electron chi connectivity index (χ2n) is 4.70. The number of hydrogen-bond acceptors (Lipinski definition) is 5. The fraction of sp³-hybridized carbons (Fsp3) is 0.462. The normalized spacial score (nSPS) is 14.0. The summed E-state index contributed by atoms with van der Waals surface area (Å²) in [6.45, 7) is 3.34. The number of thioether (sulfide) groups is 1. The third-order valence-electron chi connectivity index (χ3n) is 2.65. The lowest BCUT2D eigenvalue weighted by atomic mass is 10.2. The van der Waals surface area contributed by atoms with E-state index >= 15 is 0 Å². The highest BCUT2D eigenvalue weighted by molar-refractivity contribution is 8.09. The van der Waals surface area contributed by atoms with Crippen LogP contribution >= 0.6 is 11.8 Å². The number of H-pyrrole nitrogens is 2. The van der Waals surface area contributed by atoms with Crippen LogP contribution in [0.3, 0.4) is 0 Å². The molecule has 0 spiro atoms. The minimum Gasteiger partial charge on any atom is -0.349 e. The molecule has 0 aliphatic rings. The van der Waals surface area contributed by atoms with Gasteiger partial charge in [0.25, 0.3) is 5.56 Å². The van der Waals surface area contributed by atoms with Gasteiger partial charge in [0.05, 0.1) is 10.6 Å². The molecule has 1 aromatic heterocycles. The standard InChI is InChI=1S/C13H19N3O4S2/c1-8(6-22(20)7-21-3)14-11(17)5-4-10-9(2)15-13(19)16-12(10)18/h4-5,8H,6-7H2,1-3H3,(H,14,17)(H2,15,16,18,19)/b5-4+. The summed E-state index contributed by atoms with van der Waals surface area (Å²) in [5, 5.41) is 3.21. The molecule has 0 aliphatic carbocycles. The first-order valence-corrected chi connectivity index (χ1v) is 9.37. The zero-order valence-corrected chi connectivity index (χ0v) is 14.2. The van der Waals surface area contributed by atoms with Gasteiger partial charge in [-0.15, -0.1) is 0 Å². The first-order chi connectivity index (χ1) is 10.3. The predicted octanol–water partition coefficient (Wildman–Crippen LogP) is -0.0413. The van der Waals surface area contributed by atoms with Gasteiger partial charge in [-0.25, -0.2) is 4.79 Å². The number of rotatable bonds is 7. The van der Waals surface area contributed by atoms with Crippen molar-refractivity contribution < 1.29 is 9.00 Å². The molecule has 22 heavy (non-hydrogen) atoms. The van der Waals surface area contributed by atoms with E-state index in [2.05, 4.69) is 15.3 Å². The number of aryl methyl sites for hydroxylation is 1. The molecule has 0 bridgehead atoms. The van der Waals surface area contributed by atoms with E-state index in [1.165, 1.54) is 23.9 Å². The highest BCUT2D eigenvalue weighted by atomic mass is 32.2. The maximum absolute atomic E-state index is 11.8. The van der Waals surface area contributed by atoms with Gasteiger partial charge in [0.2, 0.25) is 5.91 Å². The molecule has 1 aromatic rings. The number of amides is 1. The summed E-state index contributed by atoms with van der Waals surface area (Å²) in [5.41, 5.74) is -0.547. The lowest BCUT2D eigenvalue weighted by molar-refractivity contribution is -0.116. The molecule has 122 valence electrons. The highest BCUT2D eigenvalue weighted by Gasteiger charge is 2.09. The van der Waals surface area contributed by atoms with Gasteiger partial charge in [-0.2, -0.15) is 11.8 Å². The molecule has 1 amide bonds.